The third kappa shape index (κ3) is 5.95. The molecule has 0 aliphatic heterocycles. The van der Waals surface area contributed by atoms with Crippen molar-refractivity contribution >= 4 is 28.9 Å². The van der Waals surface area contributed by atoms with Crippen LogP contribution in [0, 0.1) is 0 Å². The third-order valence-electron chi connectivity index (χ3n) is 4.72. The highest BCUT2D eigenvalue weighted by Gasteiger charge is 2.12. The number of nitrogens with zero attached hydrogens (tertiary/aromatic N) is 4. The fraction of sp³-hybridized carbons (Fsp3) is 0.130. The van der Waals surface area contributed by atoms with E-state index in [9.17, 15) is 14.4 Å². The fourth-order valence-corrected chi connectivity index (χ4v) is 3.68. The molecule has 0 saturated heterocycles. The van der Waals surface area contributed by atoms with Gasteiger partial charge in [-0.3, -0.25) is 25.2 Å². The Morgan fingerprint density at radius 3 is 2.39 bits per heavy atom. The molecular weight excluding hydrogens is 440 g/mol. The number of hydrogen-bond donors (Lipinski definition) is 2. The molecule has 0 saturated carbocycles. The third-order valence-corrected chi connectivity index (χ3v) is 5.63. The largest absolute Gasteiger partial charge is 0.293 e. The standard InChI is InChI=1S/C23H20N6O3S/c30-19(20-7-4-14-33-20)12-13-21(31)24-26-23(32)18-10-8-16(9-11-18)15-29-27-22(25-28-29)17-5-2-1-3-6-17/h1-11,14H,12-13,15H2,(H,24,31)(H,26,32). The molecule has 2 aromatic carbocycles. The fourth-order valence-electron chi connectivity index (χ4n) is 2.99. The smallest absolute Gasteiger partial charge is 0.269 e. The second kappa shape index (κ2) is 10.4. The molecule has 0 unspecified atom stereocenters. The van der Waals surface area contributed by atoms with Crippen LogP contribution in [0.2, 0.25) is 0 Å². The van der Waals surface area contributed by atoms with Gasteiger partial charge in [0.25, 0.3) is 5.91 Å². The van der Waals surface area contributed by atoms with Gasteiger partial charge in [0.1, 0.15) is 0 Å². The van der Waals surface area contributed by atoms with E-state index in [4.69, 9.17) is 0 Å². The van der Waals surface area contributed by atoms with Crippen LogP contribution >= 0.6 is 11.3 Å². The van der Waals surface area contributed by atoms with Gasteiger partial charge in [-0.05, 0) is 34.4 Å². The normalized spacial score (nSPS) is 10.5. The van der Waals surface area contributed by atoms with Gasteiger partial charge in [-0.1, -0.05) is 48.5 Å². The Hall–Kier alpha value is -4.18. The van der Waals surface area contributed by atoms with Crippen LogP contribution < -0.4 is 10.9 Å². The first-order valence-electron chi connectivity index (χ1n) is 10.2. The summed E-state index contributed by atoms with van der Waals surface area (Å²) in [7, 11) is 0. The Morgan fingerprint density at radius 2 is 1.67 bits per heavy atom. The van der Waals surface area contributed by atoms with Gasteiger partial charge in [-0.25, -0.2) is 0 Å². The minimum Gasteiger partial charge on any atom is -0.293 e. The Morgan fingerprint density at radius 1 is 0.879 bits per heavy atom. The Labute approximate surface area is 193 Å². The number of Topliss-reactive ketones (excluding diaryl/α,β-unsaturated/α-hetero) is 1. The first kappa shape index (κ1) is 22.0. The zero-order valence-corrected chi connectivity index (χ0v) is 18.3. The number of thiophene rings is 1. The summed E-state index contributed by atoms with van der Waals surface area (Å²) in [5.74, 6) is -0.444. The van der Waals surface area contributed by atoms with Crippen molar-refractivity contribution in [2.45, 2.75) is 19.4 Å². The van der Waals surface area contributed by atoms with E-state index in [0.717, 1.165) is 11.1 Å². The minimum absolute atomic E-state index is 0.00811. The summed E-state index contributed by atoms with van der Waals surface area (Å²) in [6.07, 6.45) is 0.0745. The number of carbonyl (C=O) groups is 3. The zero-order valence-electron chi connectivity index (χ0n) is 17.5. The molecule has 2 aromatic heterocycles. The number of rotatable bonds is 8. The van der Waals surface area contributed by atoms with Crippen LogP contribution in [0.1, 0.15) is 38.4 Å². The quantitative estimate of drug-likeness (QED) is 0.308. The van der Waals surface area contributed by atoms with Crippen molar-refractivity contribution in [1.29, 1.82) is 0 Å². The van der Waals surface area contributed by atoms with Gasteiger partial charge in [-0.2, -0.15) is 4.80 Å². The zero-order chi connectivity index (χ0) is 23.0. The second-order valence-electron chi connectivity index (χ2n) is 7.11. The van der Waals surface area contributed by atoms with Gasteiger partial charge in [0.05, 0.1) is 11.4 Å². The van der Waals surface area contributed by atoms with E-state index in [0.29, 0.717) is 22.8 Å². The average molecular weight is 461 g/mol. The Bertz CT molecular complexity index is 1240. The van der Waals surface area contributed by atoms with Crippen LogP contribution in [0.25, 0.3) is 11.4 Å². The van der Waals surface area contributed by atoms with Crippen molar-refractivity contribution in [2.75, 3.05) is 0 Å². The van der Waals surface area contributed by atoms with Gasteiger partial charge < -0.3 is 0 Å². The molecule has 9 nitrogen and oxygen atoms in total. The number of nitrogens with one attached hydrogen (secondary N) is 2. The molecule has 0 spiro atoms. The van der Waals surface area contributed by atoms with Gasteiger partial charge in [0.15, 0.2) is 5.78 Å². The van der Waals surface area contributed by atoms with E-state index in [-0.39, 0.29) is 18.6 Å². The molecule has 0 aliphatic rings. The summed E-state index contributed by atoms with van der Waals surface area (Å²) < 4.78 is 0. The number of hydrogen-bond acceptors (Lipinski definition) is 7. The molecule has 0 bridgehead atoms. The molecule has 0 fully saturated rings. The molecule has 4 rings (SSSR count). The summed E-state index contributed by atoms with van der Waals surface area (Å²) in [5.41, 5.74) is 6.85. The predicted octanol–water partition coefficient (Wildman–Crippen LogP) is 2.87. The summed E-state index contributed by atoms with van der Waals surface area (Å²) in [5, 5.41) is 14.3. The molecule has 0 aliphatic carbocycles. The van der Waals surface area contributed by atoms with E-state index < -0.39 is 11.8 Å². The highest BCUT2D eigenvalue weighted by Crippen LogP contribution is 2.13. The van der Waals surface area contributed by atoms with E-state index in [1.807, 2.05) is 35.7 Å². The maximum Gasteiger partial charge on any atom is 0.269 e. The lowest BCUT2D eigenvalue weighted by atomic mass is 10.1. The average Bonchev–Trinajstić information content (AvgIpc) is 3.55. The number of carbonyl (C=O) groups excluding carboxylic acids is 3. The number of ketones is 1. The summed E-state index contributed by atoms with van der Waals surface area (Å²) in [6, 6.07) is 19.9. The van der Waals surface area contributed by atoms with Crippen LogP contribution in [-0.2, 0) is 11.3 Å². The van der Waals surface area contributed by atoms with E-state index >= 15 is 0 Å². The van der Waals surface area contributed by atoms with E-state index in [1.54, 1.807) is 36.4 Å². The van der Waals surface area contributed by atoms with E-state index in [2.05, 4.69) is 26.3 Å². The molecule has 2 N–H and O–H groups in total. The molecule has 33 heavy (non-hydrogen) atoms. The number of hydrazine groups is 1. The molecule has 0 atom stereocenters. The SMILES string of the molecule is O=C(CCC(=O)c1cccs1)NNC(=O)c1ccc(Cn2nnc(-c3ccccc3)n2)cc1. The van der Waals surface area contributed by atoms with Crippen molar-refractivity contribution in [1.82, 2.24) is 31.1 Å². The number of aromatic nitrogens is 4. The Balaban J connectivity index is 1.25. The number of benzene rings is 2. The summed E-state index contributed by atoms with van der Waals surface area (Å²) >= 11 is 1.34. The number of tetrazole rings is 1. The van der Waals surface area contributed by atoms with Crippen LogP contribution in [0.4, 0.5) is 0 Å². The molecule has 0 radical (unpaired) electrons. The molecular formula is C23H20N6O3S. The van der Waals surface area contributed by atoms with Crippen LogP contribution in [-0.4, -0.2) is 37.8 Å². The van der Waals surface area contributed by atoms with E-state index in [1.165, 1.54) is 16.1 Å². The molecule has 166 valence electrons. The summed E-state index contributed by atoms with van der Waals surface area (Å²) in [4.78, 5) is 38.2. The van der Waals surface area contributed by atoms with Crippen molar-refractivity contribution in [3.8, 4) is 11.4 Å². The highest BCUT2D eigenvalue weighted by molar-refractivity contribution is 7.12. The van der Waals surface area contributed by atoms with Gasteiger partial charge in [0.2, 0.25) is 11.7 Å². The van der Waals surface area contributed by atoms with Crippen molar-refractivity contribution in [3.63, 3.8) is 0 Å². The summed E-state index contributed by atoms with van der Waals surface area (Å²) in [6.45, 7) is 0.400. The maximum absolute atomic E-state index is 12.3. The monoisotopic (exact) mass is 460 g/mol. The topological polar surface area (TPSA) is 119 Å². The van der Waals surface area contributed by atoms with Crippen LogP contribution in [0.3, 0.4) is 0 Å². The lowest BCUT2D eigenvalue weighted by molar-refractivity contribution is -0.121. The second-order valence-corrected chi connectivity index (χ2v) is 8.06. The first-order valence-corrected chi connectivity index (χ1v) is 11.0. The van der Waals surface area contributed by atoms with Crippen molar-refractivity contribution < 1.29 is 14.4 Å². The van der Waals surface area contributed by atoms with Gasteiger partial charge >= 0.3 is 0 Å². The van der Waals surface area contributed by atoms with Gasteiger partial charge in [0, 0.05) is 24.0 Å². The molecule has 4 aromatic rings. The number of amides is 2. The van der Waals surface area contributed by atoms with Crippen molar-refractivity contribution in [2.24, 2.45) is 0 Å². The highest BCUT2D eigenvalue weighted by atomic mass is 32.1. The molecule has 2 amide bonds. The van der Waals surface area contributed by atoms with Crippen molar-refractivity contribution in [3.05, 3.63) is 88.1 Å². The predicted molar refractivity (Wildman–Crippen MR) is 122 cm³/mol. The van der Waals surface area contributed by atoms with Crippen LogP contribution in [0.15, 0.2) is 72.1 Å². The molecule has 10 heteroatoms. The maximum atomic E-state index is 12.3. The van der Waals surface area contributed by atoms with Gasteiger partial charge in [-0.15, -0.1) is 21.5 Å². The lowest BCUT2D eigenvalue weighted by Gasteiger charge is -2.08. The Kier molecular flexibility index (Phi) is 6.96. The molecule has 2 heterocycles. The first-order chi connectivity index (χ1) is 16.1. The lowest BCUT2D eigenvalue weighted by Crippen LogP contribution is -2.41. The van der Waals surface area contributed by atoms with Crippen LogP contribution in [0.5, 0.6) is 0 Å². The minimum atomic E-state index is -0.454.